The van der Waals surface area contributed by atoms with Gasteiger partial charge in [-0.25, -0.2) is 0 Å². The second-order valence-electron chi connectivity index (χ2n) is 3.29. The van der Waals surface area contributed by atoms with E-state index in [9.17, 15) is 0 Å². The maximum Gasteiger partial charge on any atom is 0.188 e. The number of guanidine groups is 1. The average Bonchev–Trinajstić information content (AvgIpc) is 2.18. The summed E-state index contributed by atoms with van der Waals surface area (Å²) in [5.74, 6) is 0.149. The van der Waals surface area contributed by atoms with E-state index in [4.69, 9.17) is 11.1 Å². The monoisotopic (exact) mass is 191 g/mol. The number of nitrogens with two attached hydrogens (primary N) is 1. The average molecular weight is 191 g/mol. The maximum atomic E-state index is 7.41. The second-order valence-corrected chi connectivity index (χ2v) is 3.29. The molecule has 0 heterocycles. The molecular weight excluding hydrogens is 174 g/mol. The molecule has 3 N–H and O–H groups in total. The van der Waals surface area contributed by atoms with E-state index in [1.165, 1.54) is 5.56 Å². The Labute approximate surface area is 85.0 Å². The van der Waals surface area contributed by atoms with Gasteiger partial charge in [0.15, 0.2) is 5.96 Å². The van der Waals surface area contributed by atoms with E-state index in [0.717, 1.165) is 19.5 Å². The van der Waals surface area contributed by atoms with Gasteiger partial charge in [-0.3, -0.25) is 5.41 Å². The zero-order chi connectivity index (χ0) is 10.4. The van der Waals surface area contributed by atoms with E-state index >= 15 is 0 Å². The molecule has 0 fully saturated rings. The fourth-order valence-corrected chi connectivity index (χ4v) is 1.36. The van der Waals surface area contributed by atoms with Crippen LogP contribution in [0.25, 0.3) is 0 Å². The molecule has 1 aromatic rings. The van der Waals surface area contributed by atoms with Gasteiger partial charge in [-0.15, -0.1) is 0 Å². The van der Waals surface area contributed by atoms with Gasteiger partial charge in [0.2, 0.25) is 0 Å². The van der Waals surface area contributed by atoms with Crippen molar-refractivity contribution in [2.24, 2.45) is 5.73 Å². The highest BCUT2D eigenvalue weighted by Crippen LogP contribution is 2.04. The second kappa shape index (κ2) is 5.27. The van der Waals surface area contributed by atoms with Crippen LogP contribution in [-0.2, 0) is 6.54 Å². The summed E-state index contributed by atoms with van der Waals surface area (Å²) in [7, 11) is 0. The number of rotatable bonds is 4. The van der Waals surface area contributed by atoms with E-state index < -0.39 is 0 Å². The molecular formula is C11H17N3. The fourth-order valence-electron chi connectivity index (χ4n) is 1.36. The molecule has 76 valence electrons. The predicted octanol–water partition coefficient (Wildman–Crippen LogP) is 1.79. The Morgan fingerprint density at radius 3 is 2.50 bits per heavy atom. The molecule has 3 nitrogen and oxygen atoms in total. The minimum absolute atomic E-state index is 0.149. The molecule has 0 aliphatic rings. The number of benzene rings is 1. The summed E-state index contributed by atoms with van der Waals surface area (Å²) in [5, 5.41) is 7.41. The van der Waals surface area contributed by atoms with Gasteiger partial charge >= 0.3 is 0 Å². The summed E-state index contributed by atoms with van der Waals surface area (Å²) in [6, 6.07) is 10.1. The Balaban J connectivity index is 2.60. The number of nitrogens with one attached hydrogen (secondary N) is 1. The molecule has 0 saturated carbocycles. The first-order valence-electron chi connectivity index (χ1n) is 4.87. The first kappa shape index (κ1) is 10.6. The normalized spacial score (nSPS) is 9.79. The molecule has 0 saturated heterocycles. The minimum atomic E-state index is 0.149. The minimum Gasteiger partial charge on any atom is -0.370 e. The van der Waals surface area contributed by atoms with Crippen LogP contribution in [0.2, 0.25) is 0 Å². The Bertz CT molecular complexity index is 282. The van der Waals surface area contributed by atoms with Gasteiger partial charge in [0.25, 0.3) is 0 Å². The van der Waals surface area contributed by atoms with E-state index in [-0.39, 0.29) is 5.96 Å². The first-order chi connectivity index (χ1) is 6.74. The van der Waals surface area contributed by atoms with Crippen LogP contribution >= 0.6 is 0 Å². The van der Waals surface area contributed by atoms with Gasteiger partial charge in [0, 0.05) is 13.1 Å². The molecule has 0 aliphatic heterocycles. The zero-order valence-corrected chi connectivity index (χ0v) is 8.53. The van der Waals surface area contributed by atoms with Crippen molar-refractivity contribution < 1.29 is 0 Å². The predicted molar refractivity (Wildman–Crippen MR) is 59.1 cm³/mol. The van der Waals surface area contributed by atoms with Crippen LogP contribution in [-0.4, -0.2) is 17.4 Å². The fraction of sp³-hybridized carbons (Fsp3) is 0.364. The first-order valence-corrected chi connectivity index (χ1v) is 4.87. The van der Waals surface area contributed by atoms with Gasteiger partial charge < -0.3 is 10.6 Å². The lowest BCUT2D eigenvalue weighted by molar-refractivity contribution is 0.405. The third kappa shape index (κ3) is 3.09. The maximum absolute atomic E-state index is 7.41. The van der Waals surface area contributed by atoms with E-state index in [2.05, 4.69) is 6.92 Å². The van der Waals surface area contributed by atoms with Crippen LogP contribution in [0.1, 0.15) is 18.9 Å². The molecule has 0 atom stereocenters. The van der Waals surface area contributed by atoms with Crippen molar-refractivity contribution in [3.8, 4) is 0 Å². The number of nitrogens with zero attached hydrogens (tertiary/aromatic N) is 1. The van der Waals surface area contributed by atoms with Crippen molar-refractivity contribution in [1.29, 1.82) is 5.41 Å². The largest absolute Gasteiger partial charge is 0.370 e. The van der Waals surface area contributed by atoms with Crippen LogP contribution < -0.4 is 5.73 Å². The molecule has 3 heteroatoms. The third-order valence-electron chi connectivity index (χ3n) is 2.05. The van der Waals surface area contributed by atoms with Crippen LogP contribution in [0, 0.1) is 5.41 Å². The third-order valence-corrected chi connectivity index (χ3v) is 2.05. The lowest BCUT2D eigenvalue weighted by Crippen LogP contribution is -2.36. The van der Waals surface area contributed by atoms with E-state index in [1.807, 2.05) is 35.2 Å². The van der Waals surface area contributed by atoms with E-state index in [1.54, 1.807) is 0 Å². The Morgan fingerprint density at radius 1 is 1.36 bits per heavy atom. The van der Waals surface area contributed by atoms with Crippen molar-refractivity contribution in [1.82, 2.24) is 4.90 Å². The summed E-state index contributed by atoms with van der Waals surface area (Å²) in [5.41, 5.74) is 6.67. The summed E-state index contributed by atoms with van der Waals surface area (Å²) in [4.78, 5) is 1.87. The van der Waals surface area contributed by atoms with Crippen molar-refractivity contribution >= 4 is 5.96 Å². The summed E-state index contributed by atoms with van der Waals surface area (Å²) >= 11 is 0. The van der Waals surface area contributed by atoms with Crippen molar-refractivity contribution in [2.75, 3.05) is 6.54 Å². The van der Waals surface area contributed by atoms with Gasteiger partial charge in [0.1, 0.15) is 0 Å². The quantitative estimate of drug-likeness (QED) is 0.563. The Morgan fingerprint density at radius 2 is 2.00 bits per heavy atom. The summed E-state index contributed by atoms with van der Waals surface area (Å²) < 4.78 is 0. The van der Waals surface area contributed by atoms with Crippen molar-refractivity contribution in [2.45, 2.75) is 19.9 Å². The van der Waals surface area contributed by atoms with Crippen LogP contribution in [0.5, 0.6) is 0 Å². The topological polar surface area (TPSA) is 53.1 Å². The molecule has 0 aromatic heterocycles. The zero-order valence-electron chi connectivity index (χ0n) is 8.53. The highest BCUT2D eigenvalue weighted by atomic mass is 15.2. The highest BCUT2D eigenvalue weighted by molar-refractivity contribution is 5.74. The smallest absolute Gasteiger partial charge is 0.188 e. The van der Waals surface area contributed by atoms with Crippen LogP contribution in [0.3, 0.4) is 0 Å². The van der Waals surface area contributed by atoms with Crippen LogP contribution in [0.15, 0.2) is 30.3 Å². The highest BCUT2D eigenvalue weighted by Gasteiger charge is 2.04. The standard InChI is InChI=1S/C11H17N3/c1-2-8-14(11(12)13)9-10-6-4-3-5-7-10/h3-7H,2,8-9H2,1H3,(H3,12,13). The molecule has 0 amide bonds. The lowest BCUT2D eigenvalue weighted by Gasteiger charge is -2.21. The molecule has 0 radical (unpaired) electrons. The lowest BCUT2D eigenvalue weighted by atomic mass is 10.2. The SMILES string of the molecule is CCCN(Cc1ccccc1)C(=N)N. The molecule has 1 rings (SSSR count). The van der Waals surface area contributed by atoms with Crippen LogP contribution in [0.4, 0.5) is 0 Å². The Hall–Kier alpha value is -1.51. The Kier molecular flexibility index (Phi) is 3.98. The van der Waals surface area contributed by atoms with Gasteiger partial charge in [-0.1, -0.05) is 37.3 Å². The van der Waals surface area contributed by atoms with Gasteiger partial charge in [0.05, 0.1) is 0 Å². The molecule has 0 bridgehead atoms. The van der Waals surface area contributed by atoms with Gasteiger partial charge in [-0.05, 0) is 12.0 Å². The van der Waals surface area contributed by atoms with Gasteiger partial charge in [-0.2, -0.15) is 0 Å². The van der Waals surface area contributed by atoms with E-state index in [0.29, 0.717) is 0 Å². The molecule has 1 aromatic carbocycles. The molecule has 0 aliphatic carbocycles. The summed E-state index contributed by atoms with van der Waals surface area (Å²) in [6.07, 6.45) is 1.01. The summed E-state index contributed by atoms with van der Waals surface area (Å²) in [6.45, 7) is 3.65. The molecule has 0 unspecified atom stereocenters. The van der Waals surface area contributed by atoms with Crippen molar-refractivity contribution in [3.63, 3.8) is 0 Å². The number of hydrogen-bond acceptors (Lipinski definition) is 1. The molecule has 14 heavy (non-hydrogen) atoms. The van der Waals surface area contributed by atoms with Crippen molar-refractivity contribution in [3.05, 3.63) is 35.9 Å². The number of hydrogen-bond donors (Lipinski definition) is 2. The molecule has 0 spiro atoms.